The normalized spacial score (nSPS) is 11.1. The van der Waals surface area contributed by atoms with E-state index < -0.39 is 0 Å². The molecule has 1 aromatic heterocycles. The van der Waals surface area contributed by atoms with Crippen LogP contribution in [0.4, 0.5) is 0 Å². The van der Waals surface area contributed by atoms with E-state index in [0.29, 0.717) is 5.88 Å². The Morgan fingerprint density at radius 1 is 1.43 bits per heavy atom. The molecule has 0 bridgehead atoms. The molecule has 0 aliphatic heterocycles. The van der Waals surface area contributed by atoms with Gasteiger partial charge in [0.1, 0.15) is 0 Å². The van der Waals surface area contributed by atoms with Crippen LogP contribution in [0.2, 0.25) is 0 Å². The summed E-state index contributed by atoms with van der Waals surface area (Å²) in [6, 6.07) is 6.39. The summed E-state index contributed by atoms with van der Waals surface area (Å²) in [5.41, 5.74) is 2.72. The molecule has 0 nitrogen and oxygen atoms in total. The molecule has 14 heavy (non-hydrogen) atoms. The lowest BCUT2D eigenvalue weighted by atomic mass is 10.1. The number of rotatable bonds is 2. The number of fused-ring (bicyclic) bond motifs is 1. The van der Waals surface area contributed by atoms with Gasteiger partial charge in [0.05, 0.1) is 2.88 Å². The molecule has 74 valence electrons. The monoisotopic (exact) mass is 336 g/mol. The van der Waals surface area contributed by atoms with Gasteiger partial charge in [0, 0.05) is 16.0 Å². The second-order valence-corrected chi connectivity index (χ2v) is 6.26. The van der Waals surface area contributed by atoms with E-state index in [4.69, 9.17) is 11.6 Å². The smallest absolute Gasteiger partial charge is 0.0697 e. The molecular formula is C11H10ClIS. The van der Waals surface area contributed by atoms with Gasteiger partial charge in [0.2, 0.25) is 0 Å². The van der Waals surface area contributed by atoms with E-state index in [-0.39, 0.29) is 0 Å². The fraction of sp³-hybridized carbons (Fsp3) is 0.273. The molecule has 0 atom stereocenters. The number of hydrogen-bond donors (Lipinski definition) is 0. The first-order chi connectivity index (χ1) is 6.77. The number of benzene rings is 1. The molecule has 0 spiro atoms. The second-order valence-electron chi connectivity index (χ2n) is 3.13. The average Bonchev–Trinajstić information content (AvgIpc) is 2.52. The lowest BCUT2D eigenvalue weighted by Gasteiger charge is -2.01. The lowest BCUT2D eigenvalue weighted by molar-refractivity contribution is 1.16. The van der Waals surface area contributed by atoms with Crippen LogP contribution >= 0.6 is 45.5 Å². The van der Waals surface area contributed by atoms with Crippen LogP contribution in [0.15, 0.2) is 18.2 Å². The molecule has 1 aromatic carbocycles. The van der Waals surface area contributed by atoms with Crippen LogP contribution in [0.5, 0.6) is 0 Å². The van der Waals surface area contributed by atoms with Gasteiger partial charge in [0.15, 0.2) is 0 Å². The van der Waals surface area contributed by atoms with E-state index in [2.05, 4.69) is 47.7 Å². The minimum absolute atomic E-state index is 0.608. The highest BCUT2D eigenvalue weighted by Crippen LogP contribution is 2.35. The second kappa shape index (κ2) is 4.37. The summed E-state index contributed by atoms with van der Waals surface area (Å²) in [5.74, 6) is 0.608. The maximum absolute atomic E-state index is 5.95. The van der Waals surface area contributed by atoms with Crippen molar-refractivity contribution in [3.05, 3.63) is 32.2 Å². The first-order valence-corrected chi connectivity index (χ1v) is 6.95. The fourth-order valence-corrected chi connectivity index (χ4v) is 4.34. The van der Waals surface area contributed by atoms with Gasteiger partial charge >= 0.3 is 0 Å². The van der Waals surface area contributed by atoms with Crippen LogP contribution in [-0.2, 0) is 12.3 Å². The molecule has 0 aliphatic rings. The van der Waals surface area contributed by atoms with E-state index in [9.17, 15) is 0 Å². The van der Waals surface area contributed by atoms with E-state index in [1.807, 2.05) is 11.3 Å². The van der Waals surface area contributed by atoms with Crippen LogP contribution in [0, 0.1) is 2.88 Å². The van der Waals surface area contributed by atoms with Gasteiger partial charge in [-0.2, -0.15) is 0 Å². The van der Waals surface area contributed by atoms with Crippen molar-refractivity contribution in [2.45, 2.75) is 19.2 Å². The Labute approximate surface area is 106 Å². The fourth-order valence-electron chi connectivity index (χ4n) is 1.69. The van der Waals surface area contributed by atoms with Crippen LogP contribution in [0.3, 0.4) is 0 Å². The first-order valence-electron chi connectivity index (χ1n) is 4.52. The molecular weight excluding hydrogens is 327 g/mol. The average molecular weight is 337 g/mol. The number of aryl methyl sites for hydroxylation is 1. The summed E-state index contributed by atoms with van der Waals surface area (Å²) >= 11 is 10.2. The third kappa shape index (κ3) is 1.68. The molecule has 2 rings (SSSR count). The quantitative estimate of drug-likeness (QED) is 0.545. The van der Waals surface area contributed by atoms with Gasteiger partial charge in [-0.1, -0.05) is 19.1 Å². The van der Waals surface area contributed by atoms with Crippen molar-refractivity contribution < 1.29 is 0 Å². The molecule has 0 N–H and O–H groups in total. The van der Waals surface area contributed by atoms with Crippen molar-refractivity contribution in [1.29, 1.82) is 0 Å². The summed E-state index contributed by atoms with van der Waals surface area (Å²) in [4.78, 5) is 0. The predicted molar refractivity (Wildman–Crippen MR) is 73.5 cm³/mol. The van der Waals surface area contributed by atoms with E-state index in [1.54, 1.807) is 0 Å². The maximum Gasteiger partial charge on any atom is 0.0697 e. The highest BCUT2D eigenvalue weighted by Gasteiger charge is 2.11. The molecule has 0 amide bonds. The third-order valence-corrected chi connectivity index (χ3v) is 4.93. The summed E-state index contributed by atoms with van der Waals surface area (Å²) in [6.07, 6.45) is 1.09. The molecule has 3 heteroatoms. The van der Waals surface area contributed by atoms with E-state index in [1.165, 1.54) is 24.1 Å². The van der Waals surface area contributed by atoms with Gasteiger partial charge < -0.3 is 0 Å². The van der Waals surface area contributed by atoms with Crippen LogP contribution in [0.25, 0.3) is 10.1 Å². The Morgan fingerprint density at radius 2 is 2.21 bits per heavy atom. The summed E-state index contributed by atoms with van der Waals surface area (Å²) in [5, 5.41) is 1.39. The number of alkyl halides is 1. The highest BCUT2D eigenvalue weighted by atomic mass is 127. The van der Waals surface area contributed by atoms with Crippen LogP contribution < -0.4 is 0 Å². The van der Waals surface area contributed by atoms with E-state index in [0.717, 1.165) is 6.42 Å². The van der Waals surface area contributed by atoms with Crippen molar-refractivity contribution in [1.82, 2.24) is 0 Å². The van der Waals surface area contributed by atoms with Crippen molar-refractivity contribution >= 4 is 55.6 Å². The molecule has 0 radical (unpaired) electrons. The molecule has 0 saturated carbocycles. The molecule has 0 saturated heterocycles. The van der Waals surface area contributed by atoms with Gasteiger partial charge in [-0.15, -0.1) is 22.9 Å². The zero-order chi connectivity index (χ0) is 10.1. The van der Waals surface area contributed by atoms with Crippen molar-refractivity contribution in [3.8, 4) is 0 Å². The predicted octanol–water partition coefficient (Wildman–Crippen LogP) is 4.81. The minimum atomic E-state index is 0.608. The maximum atomic E-state index is 5.95. The Bertz CT molecular complexity index is 462. The zero-order valence-electron chi connectivity index (χ0n) is 7.81. The summed E-state index contributed by atoms with van der Waals surface area (Å²) in [6.45, 7) is 2.20. The Hall–Kier alpha value is 0.200. The SMILES string of the molecule is CCc1c(I)sc2cccc(CCl)c12. The number of hydrogen-bond acceptors (Lipinski definition) is 1. The van der Waals surface area contributed by atoms with Crippen LogP contribution in [0.1, 0.15) is 18.1 Å². The Morgan fingerprint density at radius 3 is 2.86 bits per heavy atom. The minimum Gasteiger partial charge on any atom is -0.129 e. The summed E-state index contributed by atoms with van der Waals surface area (Å²) < 4.78 is 2.77. The van der Waals surface area contributed by atoms with Crippen molar-refractivity contribution in [2.24, 2.45) is 0 Å². The molecule has 0 aliphatic carbocycles. The molecule has 0 fully saturated rings. The molecule has 0 unspecified atom stereocenters. The largest absolute Gasteiger partial charge is 0.129 e. The number of halogens is 2. The first kappa shape index (κ1) is 10.7. The standard InChI is InChI=1S/C11H10ClIS/c1-2-8-10-7(6-12)4-3-5-9(10)14-11(8)13/h3-5H,2,6H2,1H3. The zero-order valence-corrected chi connectivity index (χ0v) is 11.5. The van der Waals surface area contributed by atoms with Crippen molar-refractivity contribution in [2.75, 3.05) is 0 Å². The Kier molecular flexibility index (Phi) is 3.34. The number of thiophene rings is 1. The topological polar surface area (TPSA) is 0 Å². The highest BCUT2D eigenvalue weighted by molar-refractivity contribution is 14.1. The third-order valence-electron chi connectivity index (χ3n) is 2.35. The lowest BCUT2D eigenvalue weighted by Crippen LogP contribution is -1.84. The van der Waals surface area contributed by atoms with Gasteiger partial charge in [0.25, 0.3) is 0 Å². The molecule has 1 heterocycles. The molecule has 2 aromatic rings. The van der Waals surface area contributed by atoms with Gasteiger partial charge in [-0.3, -0.25) is 0 Å². The van der Waals surface area contributed by atoms with Gasteiger partial charge in [-0.25, -0.2) is 0 Å². The van der Waals surface area contributed by atoms with Crippen molar-refractivity contribution in [3.63, 3.8) is 0 Å². The van der Waals surface area contributed by atoms with Crippen LogP contribution in [-0.4, -0.2) is 0 Å². The Balaban J connectivity index is 2.82. The summed E-state index contributed by atoms with van der Waals surface area (Å²) in [7, 11) is 0. The van der Waals surface area contributed by atoms with E-state index >= 15 is 0 Å². The van der Waals surface area contributed by atoms with Gasteiger partial charge in [-0.05, 0) is 46.2 Å².